The monoisotopic (exact) mass is 428 g/mol. The maximum Gasteiger partial charge on any atom is 0.204 e. The van der Waals surface area contributed by atoms with Crippen LogP contribution in [0.15, 0.2) is 95.5 Å². The lowest BCUT2D eigenvalue weighted by molar-refractivity contribution is 0.0807. The van der Waals surface area contributed by atoms with Gasteiger partial charge in [0.25, 0.3) is 0 Å². The Hall–Kier alpha value is -2.91. The molecular formula is C25H17BrO2. The van der Waals surface area contributed by atoms with E-state index in [1.807, 2.05) is 60.7 Å². The van der Waals surface area contributed by atoms with Gasteiger partial charge in [0.2, 0.25) is 5.78 Å². The van der Waals surface area contributed by atoms with Crippen molar-refractivity contribution in [3.05, 3.63) is 112 Å². The molecule has 5 rings (SSSR count). The minimum absolute atomic E-state index is 0.0101. The highest BCUT2D eigenvalue weighted by molar-refractivity contribution is 9.10. The molecule has 0 saturated heterocycles. The Bertz CT molecular complexity index is 1170. The first-order valence-corrected chi connectivity index (χ1v) is 10.0. The predicted molar refractivity (Wildman–Crippen MR) is 115 cm³/mol. The van der Waals surface area contributed by atoms with E-state index >= 15 is 0 Å². The van der Waals surface area contributed by atoms with E-state index < -0.39 is 6.10 Å². The molecule has 1 heterocycles. The van der Waals surface area contributed by atoms with Crippen LogP contribution < -0.4 is 4.74 Å². The van der Waals surface area contributed by atoms with Crippen LogP contribution in [-0.2, 0) is 0 Å². The summed E-state index contributed by atoms with van der Waals surface area (Å²) in [6.07, 6.45) is -0.575. The minimum Gasteiger partial charge on any atom is -0.481 e. The van der Waals surface area contributed by atoms with Gasteiger partial charge in [-0.25, -0.2) is 0 Å². The number of carbonyl (C=O) groups excluding carboxylic acids is 1. The number of fused-ring (bicyclic) bond motifs is 3. The Balaban J connectivity index is 1.71. The van der Waals surface area contributed by atoms with Crippen molar-refractivity contribution in [2.75, 3.05) is 0 Å². The topological polar surface area (TPSA) is 26.3 Å². The third-order valence-corrected chi connectivity index (χ3v) is 5.82. The van der Waals surface area contributed by atoms with E-state index in [0.717, 1.165) is 32.1 Å². The van der Waals surface area contributed by atoms with Gasteiger partial charge >= 0.3 is 0 Å². The van der Waals surface area contributed by atoms with E-state index in [1.54, 1.807) is 0 Å². The number of Topliss-reactive ketones (excluding diaryl/α,β-unsaturated/α-hetero) is 1. The Kier molecular flexibility index (Phi) is 4.25. The first-order valence-electron chi connectivity index (χ1n) is 9.25. The molecular weight excluding hydrogens is 412 g/mol. The molecule has 2 nitrogen and oxygen atoms in total. The Labute approximate surface area is 171 Å². The molecule has 0 unspecified atom stereocenters. The highest BCUT2D eigenvalue weighted by Gasteiger charge is 2.41. The van der Waals surface area contributed by atoms with Gasteiger partial charge in [0, 0.05) is 15.6 Å². The molecule has 0 N–H and O–H groups in total. The fraction of sp³-hybridized carbons (Fsp3) is 0.0800. The van der Waals surface area contributed by atoms with Gasteiger partial charge in [0.1, 0.15) is 5.75 Å². The van der Waals surface area contributed by atoms with E-state index in [2.05, 4.69) is 46.3 Å². The van der Waals surface area contributed by atoms with Crippen LogP contribution in [0, 0.1) is 0 Å². The molecule has 0 fully saturated rings. The Morgan fingerprint density at radius 2 is 1.54 bits per heavy atom. The SMILES string of the molecule is O=C(c1ccccc1)[C@H]1Oc2ccc3cc(Br)ccc3c2[C@@H]1c1ccccc1. The van der Waals surface area contributed by atoms with Gasteiger partial charge in [-0.05, 0) is 34.5 Å². The summed E-state index contributed by atoms with van der Waals surface area (Å²) < 4.78 is 7.30. The largest absolute Gasteiger partial charge is 0.481 e. The number of hydrogen-bond donors (Lipinski definition) is 0. The summed E-state index contributed by atoms with van der Waals surface area (Å²) in [5, 5.41) is 2.25. The van der Waals surface area contributed by atoms with Gasteiger partial charge in [-0.2, -0.15) is 0 Å². The second-order valence-electron chi connectivity index (χ2n) is 7.00. The average molecular weight is 429 g/mol. The van der Waals surface area contributed by atoms with Crippen LogP contribution >= 0.6 is 15.9 Å². The first-order chi connectivity index (χ1) is 13.7. The molecule has 0 radical (unpaired) electrons. The van der Waals surface area contributed by atoms with Gasteiger partial charge in [-0.1, -0.05) is 88.7 Å². The summed E-state index contributed by atoms with van der Waals surface area (Å²) in [7, 11) is 0. The van der Waals surface area contributed by atoms with Crippen molar-refractivity contribution < 1.29 is 9.53 Å². The number of halogens is 1. The van der Waals surface area contributed by atoms with E-state index in [9.17, 15) is 4.79 Å². The van der Waals surface area contributed by atoms with Gasteiger partial charge in [-0.3, -0.25) is 4.79 Å². The lowest BCUT2D eigenvalue weighted by Gasteiger charge is -2.19. The number of rotatable bonds is 3. The summed E-state index contributed by atoms with van der Waals surface area (Å²) >= 11 is 3.55. The Morgan fingerprint density at radius 3 is 2.29 bits per heavy atom. The summed E-state index contributed by atoms with van der Waals surface area (Å²) in [5.41, 5.74) is 2.85. The number of ketones is 1. The number of hydrogen-bond acceptors (Lipinski definition) is 2. The van der Waals surface area contributed by atoms with E-state index in [-0.39, 0.29) is 11.7 Å². The van der Waals surface area contributed by atoms with Crippen molar-refractivity contribution in [1.29, 1.82) is 0 Å². The number of carbonyl (C=O) groups is 1. The van der Waals surface area contributed by atoms with Crippen LogP contribution in [0.3, 0.4) is 0 Å². The molecule has 0 bridgehead atoms. The average Bonchev–Trinajstić information content (AvgIpc) is 3.14. The second-order valence-corrected chi connectivity index (χ2v) is 7.92. The quantitative estimate of drug-likeness (QED) is 0.354. The van der Waals surface area contributed by atoms with Crippen LogP contribution in [0.2, 0.25) is 0 Å². The fourth-order valence-corrected chi connectivity index (χ4v) is 4.44. The van der Waals surface area contributed by atoms with Gasteiger partial charge in [0.05, 0.1) is 5.92 Å². The third kappa shape index (κ3) is 2.83. The highest BCUT2D eigenvalue weighted by Crippen LogP contribution is 2.47. The first kappa shape index (κ1) is 17.2. The summed E-state index contributed by atoms with van der Waals surface area (Å²) in [6.45, 7) is 0. The van der Waals surface area contributed by atoms with Crippen LogP contribution in [0.4, 0.5) is 0 Å². The molecule has 136 valence electrons. The molecule has 3 heteroatoms. The van der Waals surface area contributed by atoms with Crippen LogP contribution in [0.1, 0.15) is 27.4 Å². The van der Waals surface area contributed by atoms with Crippen molar-refractivity contribution in [3.63, 3.8) is 0 Å². The maximum absolute atomic E-state index is 13.4. The normalized spacial score (nSPS) is 17.9. The zero-order chi connectivity index (χ0) is 19.1. The smallest absolute Gasteiger partial charge is 0.204 e. The molecule has 0 amide bonds. The second kappa shape index (κ2) is 6.92. The molecule has 1 aliphatic heterocycles. The van der Waals surface area contributed by atoms with Gasteiger partial charge in [-0.15, -0.1) is 0 Å². The van der Waals surface area contributed by atoms with Crippen molar-refractivity contribution in [2.24, 2.45) is 0 Å². The van der Waals surface area contributed by atoms with Crippen molar-refractivity contribution in [3.8, 4) is 5.75 Å². The number of benzene rings is 4. The molecule has 1 aliphatic rings. The summed E-state index contributed by atoms with van der Waals surface area (Å²) in [5.74, 6) is 0.655. The molecule has 2 atom stereocenters. The predicted octanol–water partition coefficient (Wildman–Crippen LogP) is 6.38. The molecule has 0 saturated carbocycles. The van der Waals surface area contributed by atoms with Crippen molar-refractivity contribution in [1.82, 2.24) is 0 Å². The standard InChI is InChI=1S/C25H17BrO2/c26-19-12-13-20-18(15-19)11-14-21-23(20)22(16-7-3-1-4-8-16)25(28-21)24(27)17-9-5-2-6-10-17/h1-15,22,25H/t22-,25-/m0/s1. The molecule has 0 aromatic heterocycles. The maximum atomic E-state index is 13.4. The van der Waals surface area contributed by atoms with Gasteiger partial charge in [0.15, 0.2) is 6.10 Å². The lowest BCUT2D eigenvalue weighted by atomic mass is 9.83. The summed E-state index contributed by atoms with van der Waals surface area (Å²) in [4.78, 5) is 13.4. The molecule has 0 aliphatic carbocycles. The van der Waals surface area contributed by atoms with E-state index in [0.29, 0.717) is 5.56 Å². The Morgan fingerprint density at radius 1 is 0.821 bits per heavy atom. The lowest BCUT2D eigenvalue weighted by Crippen LogP contribution is -2.30. The van der Waals surface area contributed by atoms with Gasteiger partial charge < -0.3 is 4.74 Å². The van der Waals surface area contributed by atoms with Crippen LogP contribution in [-0.4, -0.2) is 11.9 Å². The van der Waals surface area contributed by atoms with Crippen LogP contribution in [0.5, 0.6) is 5.75 Å². The van der Waals surface area contributed by atoms with Crippen molar-refractivity contribution in [2.45, 2.75) is 12.0 Å². The zero-order valence-corrected chi connectivity index (χ0v) is 16.6. The number of ether oxygens (including phenoxy) is 1. The molecule has 4 aromatic carbocycles. The summed E-state index contributed by atoms with van der Waals surface area (Å²) in [6, 6.07) is 29.9. The van der Waals surface area contributed by atoms with E-state index in [1.165, 1.54) is 0 Å². The van der Waals surface area contributed by atoms with E-state index in [4.69, 9.17) is 4.74 Å². The van der Waals surface area contributed by atoms with Crippen LogP contribution in [0.25, 0.3) is 10.8 Å². The highest BCUT2D eigenvalue weighted by atomic mass is 79.9. The molecule has 4 aromatic rings. The molecule has 28 heavy (non-hydrogen) atoms. The zero-order valence-electron chi connectivity index (χ0n) is 15.0. The minimum atomic E-state index is -0.575. The van der Waals surface area contributed by atoms with Crippen molar-refractivity contribution >= 4 is 32.5 Å². The third-order valence-electron chi connectivity index (χ3n) is 5.33. The fourth-order valence-electron chi connectivity index (χ4n) is 4.06. The molecule has 0 spiro atoms.